The second-order valence-electron chi connectivity index (χ2n) is 4.91. The third-order valence-corrected chi connectivity index (χ3v) is 4.50. The van der Waals surface area contributed by atoms with E-state index >= 15 is 0 Å². The van der Waals surface area contributed by atoms with Crippen molar-refractivity contribution < 1.29 is 9.53 Å². The van der Waals surface area contributed by atoms with E-state index in [0.29, 0.717) is 18.7 Å². The van der Waals surface area contributed by atoms with Gasteiger partial charge in [0.2, 0.25) is 0 Å². The molecule has 0 spiro atoms. The first kappa shape index (κ1) is 13.1. The summed E-state index contributed by atoms with van der Waals surface area (Å²) in [6.07, 6.45) is 1.59. The van der Waals surface area contributed by atoms with Gasteiger partial charge in [-0.25, -0.2) is 0 Å². The number of carbonyl (C=O) groups excluding carboxylic acids is 1. The second-order valence-corrected chi connectivity index (χ2v) is 5.86. The summed E-state index contributed by atoms with van der Waals surface area (Å²) in [5.41, 5.74) is 2.15. The Bertz CT molecular complexity index is 810. The molecular formula is C16H13N3O2S. The van der Waals surface area contributed by atoms with Gasteiger partial charge < -0.3 is 9.64 Å². The van der Waals surface area contributed by atoms with Gasteiger partial charge in [-0.1, -0.05) is 18.2 Å². The van der Waals surface area contributed by atoms with E-state index in [1.165, 1.54) is 0 Å². The molecule has 1 amide bonds. The molecule has 0 atom stereocenters. The van der Waals surface area contributed by atoms with Crippen LogP contribution in [0.4, 0.5) is 5.69 Å². The highest BCUT2D eigenvalue weighted by Gasteiger charge is 2.27. The highest BCUT2D eigenvalue weighted by molar-refractivity contribution is 7.13. The van der Waals surface area contributed by atoms with Crippen LogP contribution in [-0.4, -0.2) is 29.3 Å². The number of fused-ring (bicyclic) bond motifs is 1. The molecule has 0 unspecified atom stereocenters. The van der Waals surface area contributed by atoms with E-state index in [1.807, 2.05) is 41.8 Å². The third-order valence-electron chi connectivity index (χ3n) is 3.61. The number of nitrogens with zero attached hydrogens (tertiary/aromatic N) is 2. The topological polar surface area (TPSA) is 58.2 Å². The number of anilines is 1. The summed E-state index contributed by atoms with van der Waals surface area (Å²) in [7, 11) is 0. The number of ether oxygens (including phenoxy) is 1. The fraction of sp³-hybridized carbons (Fsp3) is 0.125. The smallest absolute Gasteiger partial charge is 0.262 e. The maximum absolute atomic E-state index is 13.0. The number of hydrogen-bond acceptors (Lipinski definition) is 4. The van der Waals surface area contributed by atoms with E-state index in [1.54, 1.807) is 22.4 Å². The SMILES string of the molecule is O=C(c1cn[nH]c1-c1cccs1)N1CCOc2ccccc21. The minimum atomic E-state index is -0.0621. The number of thiophene rings is 1. The fourth-order valence-electron chi connectivity index (χ4n) is 2.58. The number of hydrogen-bond donors (Lipinski definition) is 1. The van der Waals surface area contributed by atoms with Gasteiger partial charge in [-0.2, -0.15) is 5.10 Å². The molecule has 110 valence electrons. The van der Waals surface area contributed by atoms with Crippen molar-refractivity contribution in [2.45, 2.75) is 0 Å². The number of rotatable bonds is 2. The number of aromatic amines is 1. The molecule has 2 aromatic heterocycles. The van der Waals surface area contributed by atoms with Crippen molar-refractivity contribution in [3.05, 3.63) is 53.5 Å². The van der Waals surface area contributed by atoms with Crippen molar-refractivity contribution in [1.29, 1.82) is 0 Å². The van der Waals surface area contributed by atoms with Crippen LogP contribution in [0.1, 0.15) is 10.4 Å². The van der Waals surface area contributed by atoms with E-state index in [-0.39, 0.29) is 5.91 Å². The summed E-state index contributed by atoms with van der Waals surface area (Å²) >= 11 is 1.58. The summed E-state index contributed by atoms with van der Waals surface area (Å²) in [5, 5.41) is 8.97. The quantitative estimate of drug-likeness (QED) is 0.791. The van der Waals surface area contributed by atoms with Crippen LogP contribution in [0, 0.1) is 0 Å². The first-order valence-electron chi connectivity index (χ1n) is 6.95. The molecule has 4 rings (SSSR count). The molecule has 1 N–H and O–H groups in total. The number of nitrogens with one attached hydrogen (secondary N) is 1. The molecule has 1 aromatic carbocycles. The van der Waals surface area contributed by atoms with Gasteiger partial charge in [-0.15, -0.1) is 11.3 Å². The number of para-hydroxylation sites is 2. The Morgan fingerprint density at radius 2 is 2.18 bits per heavy atom. The number of amides is 1. The standard InChI is InChI=1S/C16H13N3O2S/c20-16(11-10-17-18-15(11)14-6-3-9-22-14)19-7-8-21-13-5-2-1-4-12(13)19/h1-6,9-10H,7-8H2,(H,17,18). The molecule has 1 aliphatic heterocycles. The Morgan fingerprint density at radius 1 is 1.27 bits per heavy atom. The largest absolute Gasteiger partial charge is 0.490 e. The Hall–Kier alpha value is -2.60. The van der Waals surface area contributed by atoms with E-state index in [9.17, 15) is 4.79 Å². The maximum Gasteiger partial charge on any atom is 0.262 e. The van der Waals surface area contributed by atoms with Crippen molar-refractivity contribution in [3.63, 3.8) is 0 Å². The fourth-order valence-corrected chi connectivity index (χ4v) is 3.32. The molecule has 1 aliphatic rings. The summed E-state index contributed by atoms with van der Waals surface area (Å²) < 4.78 is 5.61. The van der Waals surface area contributed by atoms with E-state index in [2.05, 4.69) is 10.2 Å². The molecule has 22 heavy (non-hydrogen) atoms. The summed E-state index contributed by atoms with van der Waals surface area (Å²) in [5.74, 6) is 0.677. The van der Waals surface area contributed by atoms with Crippen LogP contribution < -0.4 is 9.64 Å². The zero-order valence-corrected chi connectivity index (χ0v) is 12.5. The minimum Gasteiger partial charge on any atom is -0.490 e. The van der Waals surface area contributed by atoms with Crippen LogP contribution in [0.3, 0.4) is 0 Å². The zero-order valence-electron chi connectivity index (χ0n) is 11.7. The summed E-state index contributed by atoms with van der Waals surface area (Å²) in [6.45, 7) is 1.03. The molecule has 3 heterocycles. The molecule has 0 saturated carbocycles. The summed E-state index contributed by atoms with van der Waals surface area (Å²) in [6, 6.07) is 11.5. The van der Waals surface area contributed by atoms with Crippen molar-refractivity contribution in [2.75, 3.05) is 18.1 Å². The Kier molecular flexibility index (Phi) is 3.16. The van der Waals surface area contributed by atoms with Crippen LogP contribution in [0.25, 0.3) is 10.6 Å². The first-order chi connectivity index (χ1) is 10.8. The number of carbonyl (C=O) groups is 1. The van der Waals surface area contributed by atoms with Crippen LogP contribution in [-0.2, 0) is 0 Å². The lowest BCUT2D eigenvalue weighted by molar-refractivity contribution is 0.0977. The highest BCUT2D eigenvalue weighted by atomic mass is 32.1. The van der Waals surface area contributed by atoms with Crippen LogP contribution >= 0.6 is 11.3 Å². The summed E-state index contributed by atoms with van der Waals surface area (Å²) in [4.78, 5) is 15.7. The molecular weight excluding hydrogens is 298 g/mol. The molecule has 0 radical (unpaired) electrons. The minimum absolute atomic E-state index is 0.0621. The lowest BCUT2D eigenvalue weighted by Gasteiger charge is -2.29. The Balaban J connectivity index is 1.74. The van der Waals surface area contributed by atoms with Gasteiger partial charge in [0.05, 0.1) is 34.6 Å². The molecule has 0 aliphatic carbocycles. The van der Waals surface area contributed by atoms with E-state index in [4.69, 9.17) is 4.74 Å². The average Bonchev–Trinajstić information content (AvgIpc) is 3.24. The molecule has 3 aromatic rings. The number of H-pyrrole nitrogens is 1. The van der Waals surface area contributed by atoms with Crippen molar-refractivity contribution >= 4 is 22.9 Å². The highest BCUT2D eigenvalue weighted by Crippen LogP contribution is 2.33. The zero-order chi connectivity index (χ0) is 14.9. The average molecular weight is 311 g/mol. The predicted molar refractivity (Wildman–Crippen MR) is 85.5 cm³/mol. The van der Waals surface area contributed by atoms with Gasteiger partial charge in [0, 0.05) is 0 Å². The van der Waals surface area contributed by atoms with Gasteiger partial charge in [0.15, 0.2) is 0 Å². The van der Waals surface area contributed by atoms with Crippen LogP contribution in [0.2, 0.25) is 0 Å². The second kappa shape index (κ2) is 5.31. The Morgan fingerprint density at radius 3 is 3.05 bits per heavy atom. The van der Waals surface area contributed by atoms with Gasteiger partial charge >= 0.3 is 0 Å². The van der Waals surface area contributed by atoms with Gasteiger partial charge in [-0.05, 0) is 23.6 Å². The molecule has 0 bridgehead atoms. The van der Waals surface area contributed by atoms with Crippen LogP contribution in [0.15, 0.2) is 48.0 Å². The van der Waals surface area contributed by atoms with Gasteiger partial charge in [0.25, 0.3) is 5.91 Å². The van der Waals surface area contributed by atoms with Gasteiger partial charge in [0.1, 0.15) is 12.4 Å². The van der Waals surface area contributed by atoms with Crippen molar-refractivity contribution in [1.82, 2.24) is 10.2 Å². The van der Waals surface area contributed by atoms with Crippen molar-refractivity contribution in [2.24, 2.45) is 0 Å². The lowest BCUT2D eigenvalue weighted by Crippen LogP contribution is -2.38. The van der Waals surface area contributed by atoms with Gasteiger partial charge in [-0.3, -0.25) is 9.89 Å². The molecule has 0 fully saturated rings. The normalized spacial score (nSPS) is 13.5. The molecule has 6 heteroatoms. The molecule has 0 saturated heterocycles. The first-order valence-corrected chi connectivity index (χ1v) is 7.83. The van der Waals surface area contributed by atoms with E-state index < -0.39 is 0 Å². The Labute approximate surface area is 131 Å². The number of benzene rings is 1. The van der Waals surface area contributed by atoms with E-state index in [0.717, 1.165) is 22.0 Å². The van der Waals surface area contributed by atoms with Crippen LogP contribution in [0.5, 0.6) is 5.75 Å². The molecule has 5 nitrogen and oxygen atoms in total. The predicted octanol–water partition coefficient (Wildman–Crippen LogP) is 3.18. The van der Waals surface area contributed by atoms with Crippen molar-refractivity contribution in [3.8, 4) is 16.3 Å². The maximum atomic E-state index is 13.0. The monoisotopic (exact) mass is 311 g/mol. The third kappa shape index (κ3) is 2.08. The lowest BCUT2D eigenvalue weighted by atomic mass is 10.1. The number of aromatic nitrogens is 2.